The molecule has 1 N–H and O–H groups in total. The molecule has 1 aromatic heterocycles. The molecule has 0 bridgehead atoms. The highest BCUT2D eigenvalue weighted by molar-refractivity contribution is 6.30. The van der Waals surface area contributed by atoms with E-state index in [2.05, 4.69) is 5.32 Å². The van der Waals surface area contributed by atoms with Crippen molar-refractivity contribution in [1.82, 2.24) is 4.57 Å². The number of rotatable bonds is 5. The van der Waals surface area contributed by atoms with Crippen LogP contribution in [0.1, 0.15) is 16.7 Å². The first-order chi connectivity index (χ1) is 16.2. The van der Waals surface area contributed by atoms with Crippen LogP contribution in [0.4, 0.5) is 18.9 Å². The second-order valence-electron chi connectivity index (χ2n) is 7.56. The number of alkyl halides is 3. The van der Waals surface area contributed by atoms with E-state index in [4.69, 9.17) is 11.6 Å². The number of para-hydroxylation sites is 1. The van der Waals surface area contributed by atoms with Gasteiger partial charge in [-0.2, -0.15) is 18.4 Å². The summed E-state index contributed by atoms with van der Waals surface area (Å²) in [6.45, 7) is 0.545. The number of aromatic nitrogens is 1. The number of carbonyl (C=O) groups excluding carboxylic acids is 1. The highest BCUT2D eigenvalue weighted by Gasteiger charge is 2.30. The van der Waals surface area contributed by atoms with E-state index in [1.807, 2.05) is 53.2 Å². The number of amides is 1. The van der Waals surface area contributed by atoms with E-state index >= 15 is 0 Å². The third-order valence-electron chi connectivity index (χ3n) is 5.20. The van der Waals surface area contributed by atoms with E-state index in [1.54, 1.807) is 12.1 Å². The summed E-state index contributed by atoms with van der Waals surface area (Å²) in [6.07, 6.45) is -1.28. The molecule has 0 aliphatic heterocycles. The van der Waals surface area contributed by atoms with Crippen molar-refractivity contribution < 1.29 is 18.0 Å². The first-order valence-electron chi connectivity index (χ1n) is 10.2. The average molecular weight is 480 g/mol. The molecule has 34 heavy (non-hydrogen) atoms. The van der Waals surface area contributed by atoms with Crippen LogP contribution in [0.2, 0.25) is 5.02 Å². The summed E-state index contributed by atoms with van der Waals surface area (Å²) >= 11 is 5.97. The zero-order chi connectivity index (χ0) is 24.3. The fraction of sp³-hybridized carbons (Fsp3) is 0.0769. The SMILES string of the molecule is N#C/C(=C/c1cn(Cc2ccc(Cl)cc2)c2ccccc12)C(=O)Nc1cccc(C(F)(F)F)c1. The molecular weight excluding hydrogens is 463 g/mol. The van der Waals surface area contributed by atoms with Gasteiger partial charge in [0.2, 0.25) is 0 Å². The lowest BCUT2D eigenvalue weighted by molar-refractivity contribution is -0.137. The third kappa shape index (κ3) is 5.13. The van der Waals surface area contributed by atoms with Crippen LogP contribution in [0.15, 0.2) is 84.6 Å². The quantitative estimate of drug-likeness (QED) is 0.250. The van der Waals surface area contributed by atoms with Crippen molar-refractivity contribution in [3.63, 3.8) is 0 Å². The number of hydrogen-bond acceptors (Lipinski definition) is 2. The maximum atomic E-state index is 13.0. The van der Waals surface area contributed by atoms with Crippen molar-refractivity contribution in [3.05, 3.63) is 106 Å². The molecule has 1 heterocycles. The molecule has 4 nitrogen and oxygen atoms in total. The number of nitrogens with one attached hydrogen (secondary N) is 1. The van der Waals surface area contributed by atoms with Crippen LogP contribution in [0, 0.1) is 11.3 Å². The lowest BCUT2D eigenvalue weighted by atomic mass is 10.1. The van der Waals surface area contributed by atoms with E-state index in [0.717, 1.165) is 28.6 Å². The van der Waals surface area contributed by atoms with E-state index in [1.165, 1.54) is 18.2 Å². The Morgan fingerprint density at radius 3 is 2.50 bits per heavy atom. The van der Waals surface area contributed by atoms with Gasteiger partial charge in [-0.3, -0.25) is 4.79 Å². The highest BCUT2D eigenvalue weighted by atomic mass is 35.5. The fourth-order valence-corrected chi connectivity index (χ4v) is 3.71. The lowest BCUT2D eigenvalue weighted by Crippen LogP contribution is -2.14. The number of nitrogens with zero attached hydrogens (tertiary/aromatic N) is 2. The Kier molecular flexibility index (Phi) is 6.44. The Hall–Kier alpha value is -4.02. The Labute approximate surface area is 198 Å². The molecule has 0 aliphatic carbocycles. The van der Waals surface area contributed by atoms with Gasteiger partial charge < -0.3 is 9.88 Å². The topological polar surface area (TPSA) is 57.8 Å². The molecule has 0 fully saturated rings. The van der Waals surface area contributed by atoms with Crippen LogP contribution < -0.4 is 5.32 Å². The summed E-state index contributed by atoms with van der Waals surface area (Å²) < 4.78 is 40.9. The monoisotopic (exact) mass is 479 g/mol. The first-order valence-corrected chi connectivity index (χ1v) is 10.5. The van der Waals surface area contributed by atoms with Crippen molar-refractivity contribution in [2.45, 2.75) is 12.7 Å². The Bertz CT molecular complexity index is 1430. The number of anilines is 1. The van der Waals surface area contributed by atoms with Gasteiger partial charge in [0.25, 0.3) is 5.91 Å². The Balaban J connectivity index is 1.65. The predicted molar refractivity (Wildman–Crippen MR) is 126 cm³/mol. The minimum absolute atomic E-state index is 0.0499. The number of nitriles is 1. The van der Waals surface area contributed by atoms with Crippen LogP contribution in [-0.4, -0.2) is 10.5 Å². The van der Waals surface area contributed by atoms with Crippen molar-refractivity contribution in [2.75, 3.05) is 5.32 Å². The number of fused-ring (bicyclic) bond motifs is 1. The molecule has 0 unspecified atom stereocenters. The second kappa shape index (κ2) is 9.46. The van der Waals surface area contributed by atoms with Gasteiger partial charge in [-0.25, -0.2) is 0 Å². The predicted octanol–water partition coefficient (Wildman–Crippen LogP) is 6.91. The molecule has 1 amide bonds. The van der Waals surface area contributed by atoms with Crippen molar-refractivity contribution in [1.29, 1.82) is 5.26 Å². The first kappa shape index (κ1) is 23.1. The standard InChI is InChI=1S/C26H17ClF3N3O/c27-21-10-8-17(9-11-21)15-33-16-19(23-6-1-2-7-24(23)33)12-18(14-31)25(34)32-22-5-3-4-20(13-22)26(28,29)30/h1-13,16H,15H2,(H,32,34)/b18-12-. The molecule has 4 rings (SSSR count). The third-order valence-corrected chi connectivity index (χ3v) is 5.45. The number of carbonyl (C=O) groups is 1. The number of benzene rings is 3. The number of halogens is 4. The fourth-order valence-electron chi connectivity index (χ4n) is 3.58. The zero-order valence-electron chi connectivity index (χ0n) is 17.6. The minimum atomic E-state index is -4.54. The van der Waals surface area contributed by atoms with Crippen LogP contribution in [-0.2, 0) is 17.5 Å². The van der Waals surface area contributed by atoms with E-state index in [0.29, 0.717) is 17.1 Å². The van der Waals surface area contributed by atoms with Crippen molar-refractivity contribution in [2.24, 2.45) is 0 Å². The van der Waals surface area contributed by atoms with Gasteiger partial charge in [0.15, 0.2) is 0 Å². The van der Waals surface area contributed by atoms with Crippen molar-refractivity contribution >= 4 is 40.2 Å². The Morgan fingerprint density at radius 2 is 1.79 bits per heavy atom. The molecule has 4 aromatic rings. The smallest absolute Gasteiger partial charge is 0.342 e. The summed E-state index contributed by atoms with van der Waals surface area (Å²) in [6, 6.07) is 21.1. The van der Waals surface area contributed by atoms with E-state index in [-0.39, 0.29) is 11.3 Å². The van der Waals surface area contributed by atoms with Crippen LogP contribution in [0.5, 0.6) is 0 Å². The molecule has 3 aromatic carbocycles. The summed E-state index contributed by atoms with van der Waals surface area (Å²) in [4.78, 5) is 12.7. The van der Waals surface area contributed by atoms with Crippen LogP contribution in [0.25, 0.3) is 17.0 Å². The van der Waals surface area contributed by atoms with Crippen molar-refractivity contribution in [3.8, 4) is 6.07 Å². The molecular formula is C26H17ClF3N3O. The van der Waals surface area contributed by atoms with Crippen LogP contribution in [0.3, 0.4) is 0 Å². The van der Waals surface area contributed by atoms with Gasteiger partial charge in [-0.1, -0.05) is 48.0 Å². The van der Waals surface area contributed by atoms with Gasteiger partial charge in [-0.05, 0) is 48.0 Å². The molecule has 0 saturated carbocycles. The molecule has 0 saturated heterocycles. The number of hydrogen-bond donors (Lipinski definition) is 1. The maximum absolute atomic E-state index is 13.0. The van der Waals surface area contributed by atoms with Gasteiger partial charge in [0.1, 0.15) is 11.6 Å². The molecule has 0 radical (unpaired) electrons. The second-order valence-corrected chi connectivity index (χ2v) is 7.99. The molecule has 0 atom stereocenters. The average Bonchev–Trinajstić information content (AvgIpc) is 3.15. The molecule has 0 aliphatic rings. The molecule has 0 spiro atoms. The molecule has 8 heteroatoms. The van der Waals surface area contributed by atoms with Gasteiger partial charge in [0, 0.05) is 39.9 Å². The summed E-state index contributed by atoms with van der Waals surface area (Å²) in [5.41, 5.74) is 1.39. The van der Waals surface area contributed by atoms with Gasteiger partial charge in [-0.15, -0.1) is 0 Å². The van der Waals surface area contributed by atoms with Gasteiger partial charge >= 0.3 is 6.18 Å². The zero-order valence-corrected chi connectivity index (χ0v) is 18.4. The summed E-state index contributed by atoms with van der Waals surface area (Å²) in [5, 5.41) is 13.4. The summed E-state index contributed by atoms with van der Waals surface area (Å²) in [7, 11) is 0. The van der Waals surface area contributed by atoms with Gasteiger partial charge in [0.05, 0.1) is 5.56 Å². The Morgan fingerprint density at radius 1 is 1.06 bits per heavy atom. The highest BCUT2D eigenvalue weighted by Crippen LogP contribution is 2.31. The maximum Gasteiger partial charge on any atom is 0.416 e. The normalized spacial score (nSPS) is 11.9. The minimum Gasteiger partial charge on any atom is -0.342 e. The summed E-state index contributed by atoms with van der Waals surface area (Å²) in [5.74, 6) is -0.795. The molecule has 170 valence electrons. The largest absolute Gasteiger partial charge is 0.416 e. The lowest BCUT2D eigenvalue weighted by Gasteiger charge is -2.09. The van der Waals surface area contributed by atoms with E-state index < -0.39 is 17.6 Å². The van der Waals surface area contributed by atoms with Crippen LogP contribution >= 0.6 is 11.6 Å². The van der Waals surface area contributed by atoms with E-state index in [9.17, 15) is 23.2 Å².